The molecule has 3 nitrogen and oxygen atoms in total. The van der Waals surface area contributed by atoms with Crippen molar-refractivity contribution in [1.82, 2.24) is 0 Å². The van der Waals surface area contributed by atoms with Crippen LogP contribution < -0.4 is 4.90 Å². The molecule has 1 aliphatic heterocycles. The fourth-order valence-electron chi connectivity index (χ4n) is 4.02. The molecular formula is C17H17NO2. The maximum atomic E-state index is 12.7. The van der Waals surface area contributed by atoms with E-state index in [1.807, 2.05) is 31.2 Å². The fourth-order valence-corrected chi connectivity index (χ4v) is 4.02. The summed E-state index contributed by atoms with van der Waals surface area (Å²) in [6, 6.07) is 7.64. The molecule has 1 aromatic rings. The Kier molecular flexibility index (Phi) is 2.40. The molecule has 1 aromatic carbocycles. The highest BCUT2D eigenvalue weighted by atomic mass is 16.2. The van der Waals surface area contributed by atoms with Gasteiger partial charge in [-0.15, -0.1) is 0 Å². The largest absolute Gasteiger partial charge is 0.274 e. The number of anilines is 1. The lowest BCUT2D eigenvalue weighted by Gasteiger charge is -2.38. The van der Waals surface area contributed by atoms with E-state index < -0.39 is 0 Å². The van der Waals surface area contributed by atoms with Gasteiger partial charge in [0, 0.05) is 0 Å². The molecule has 0 aromatic heterocycles. The number of nitrogens with zero attached hydrogens (tertiary/aromatic N) is 1. The van der Waals surface area contributed by atoms with Crippen LogP contribution in [0.3, 0.4) is 0 Å². The molecule has 3 heteroatoms. The maximum Gasteiger partial charge on any atom is 0.238 e. The van der Waals surface area contributed by atoms with E-state index in [-0.39, 0.29) is 35.5 Å². The van der Waals surface area contributed by atoms with E-state index >= 15 is 0 Å². The minimum atomic E-state index is -0.118. The molecular weight excluding hydrogens is 250 g/mol. The zero-order valence-electron chi connectivity index (χ0n) is 11.5. The lowest BCUT2D eigenvalue weighted by atomic mass is 9.63. The Balaban J connectivity index is 1.75. The lowest BCUT2D eigenvalue weighted by molar-refractivity contribution is -0.124. The van der Waals surface area contributed by atoms with Crippen molar-refractivity contribution in [2.45, 2.75) is 19.8 Å². The summed E-state index contributed by atoms with van der Waals surface area (Å²) in [5.41, 5.74) is 1.85. The summed E-state index contributed by atoms with van der Waals surface area (Å²) in [6.45, 7) is 2.00. The number of carbonyl (C=O) groups is 2. The number of amides is 2. The SMILES string of the molecule is Cc1ccc(N2C(=O)[C@@H]3[C@H](C2=O)[C@@H]2C=C[C@@H]3CC2)cc1. The van der Waals surface area contributed by atoms with E-state index in [1.54, 1.807) is 0 Å². The van der Waals surface area contributed by atoms with Gasteiger partial charge in [-0.2, -0.15) is 0 Å². The Bertz CT molecular complexity index is 584. The number of benzene rings is 1. The smallest absolute Gasteiger partial charge is 0.238 e. The van der Waals surface area contributed by atoms with Crippen LogP contribution in [0.5, 0.6) is 0 Å². The molecule has 0 radical (unpaired) electrons. The van der Waals surface area contributed by atoms with Crippen LogP contribution in [0.1, 0.15) is 18.4 Å². The van der Waals surface area contributed by atoms with Crippen molar-refractivity contribution in [2.24, 2.45) is 23.7 Å². The van der Waals surface area contributed by atoms with Crippen molar-refractivity contribution < 1.29 is 9.59 Å². The molecule has 1 saturated carbocycles. The van der Waals surface area contributed by atoms with Gasteiger partial charge in [0.25, 0.3) is 0 Å². The van der Waals surface area contributed by atoms with Crippen LogP contribution in [0.2, 0.25) is 0 Å². The van der Waals surface area contributed by atoms with E-state index in [1.165, 1.54) is 4.90 Å². The Morgan fingerprint density at radius 3 is 1.85 bits per heavy atom. The van der Waals surface area contributed by atoms with Gasteiger partial charge in [-0.25, -0.2) is 0 Å². The molecule has 4 atom stereocenters. The molecule has 20 heavy (non-hydrogen) atoms. The average molecular weight is 267 g/mol. The first-order valence-corrected chi connectivity index (χ1v) is 7.29. The molecule has 1 saturated heterocycles. The number of allylic oxidation sites excluding steroid dienone is 2. The quantitative estimate of drug-likeness (QED) is 0.579. The molecule has 1 heterocycles. The Hall–Kier alpha value is -1.90. The molecule has 3 aliphatic carbocycles. The van der Waals surface area contributed by atoms with Gasteiger partial charge in [-0.3, -0.25) is 14.5 Å². The predicted molar refractivity (Wildman–Crippen MR) is 76.0 cm³/mol. The summed E-state index contributed by atoms with van der Waals surface area (Å²) in [7, 11) is 0. The molecule has 102 valence electrons. The summed E-state index contributed by atoms with van der Waals surface area (Å²) >= 11 is 0. The second kappa shape index (κ2) is 4.05. The minimum absolute atomic E-state index is 0.00269. The molecule has 0 unspecified atom stereocenters. The van der Waals surface area contributed by atoms with E-state index in [0.29, 0.717) is 0 Å². The zero-order chi connectivity index (χ0) is 13.9. The molecule has 0 N–H and O–H groups in total. The van der Waals surface area contributed by atoms with E-state index in [0.717, 1.165) is 24.1 Å². The summed E-state index contributed by atoms with van der Waals surface area (Å²) in [5.74, 6) is 0.291. The van der Waals surface area contributed by atoms with Gasteiger partial charge >= 0.3 is 0 Å². The van der Waals surface area contributed by atoms with Crippen LogP contribution in [-0.2, 0) is 9.59 Å². The molecule has 0 spiro atoms. The zero-order valence-corrected chi connectivity index (χ0v) is 11.5. The molecule has 2 bridgehead atoms. The first kappa shape index (κ1) is 11.9. The van der Waals surface area contributed by atoms with Crippen molar-refractivity contribution in [3.63, 3.8) is 0 Å². The second-order valence-electron chi connectivity index (χ2n) is 6.19. The van der Waals surface area contributed by atoms with Gasteiger partial charge in [-0.1, -0.05) is 29.8 Å². The third kappa shape index (κ3) is 1.46. The van der Waals surface area contributed by atoms with Crippen molar-refractivity contribution in [3.05, 3.63) is 42.0 Å². The number of imide groups is 1. The molecule has 2 fully saturated rings. The highest BCUT2D eigenvalue weighted by Gasteiger charge is 2.56. The first-order chi connectivity index (χ1) is 9.66. The number of hydrogen-bond acceptors (Lipinski definition) is 2. The van der Waals surface area contributed by atoms with Gasteiger partial charge in [0.1, 0.15) is 0 Å². The molecule has 2 amide bonds. The van der Waals surface area contributed by atoms with Crippen molar-refractivity contribution in [1.29, 1.82) is 0 Å². The fraction of sp³-hybridized carbons (Fsp3) is 0.412. The Labute approximate surface area is 118 Å². The lowest BCUT2D eigenvalue weighted by Crippen LogP contribution is -2.38. The van der Waals surface area contributed by atoms with E-state index in [9.17, 15) is 9.59 Å². The Morgan fingerprint density at radius 2 is 1.40 bits per heavy atom. The van der Waals surface area contributed by atoms with E-state index in [2.05, 4.69) is 12.2 Å². The van der Waals surface area contributed by atoms with Gasteiger partial charge in [0.2, 0.25) is 11.8 Å². The Morgan fingerprint density at radius 1 is 0.900 bits per heavy atom. The van der Waals surface area contributed by atoms with Gasteiger partial charge in [0.15, 0.2) is 0 Å². The summed E-state index contributed by atoms with van der Waals surface area (Å²) in [5, 5.41) is 0. The summed E-state index contributed by atoms with van der Waals surface area (Å²) < 4.78 is 0. The van der Waals surface area contributed by atoms with Crippen LogP contribution >= 0.6 is 0 Å². The van der Waals surface area contributed by atoms with Crippen molar-refractivity contribution in [2.75, 3.05) is 4.90 Å². The van der Waals surface area contributed by atoms with Crippen LogP contribution in [0, 0.1) is 30.6 Å². The minimum Gasteiger partial charge on any atom is -0.274 e. The maximum absolute atomic E-state index is 12.7. The number of carbonyl (C=O) groups excluding carboxylic acids is 2. The number of fused-ring (bicyclic) bond motifs is 1. The molecule has 4 aliphatic rings. The average Bonchev–Trinajstić information content (AvgIpc) is 2.76. The third-order valence-electron chi connectivity index (χ3n) is 5.05. The highest BCUT2D eigenvalue weighted by Crippen LogP contribution is 2.50. The van der Waals surface area contributed by atoms with Crippen molar-refractivity contribution in [3.8, 4) is 0 Å². The van der Waals surface area contributed by atoms with Crippen LogP contribution in [0.15, 0.2) is 36.4 Å². The van der Waals surface area contributed by atoms with Gasteiger partial charge < -0.3 is 0 Å². The third-order valence-corrected chi connectivity index (χ3v) is 5.05. The number of hydrogen-bond donors (Lipinski definition) is 0. The van der Waals surface area contributed by atoms with Crippen LogP contribution in [0.4, 0.5) is 5.69 Å². The van der Waals surface area contributed by atoms with Crippen molar-refractivity contribution >= 4 is 17.5 Å². The summed E-state index contributed by atoms with van der Waals surface area (Å²) in [6.07, 6.45) is 6.39. The number of aryl methyl sites for hydroxylation is 1. The van der Waals surface area contributed by atoms with E-state index in [4.69, 9.17) is 0 Å². The van der Waals surface area contributed by atoms with Crippen LogP contribution in [0.25, 0.3) is 0 Å². The number of rotatable bonds is 1. The van der Waals surface area contributed by atoms with Gasteiger partial charge in [-0.05, 0) is 43.7 Å². The normalized spacial score (nSPS) is 34.8. The highest BCUT2D eigenvalue weighted by molar-refractivity contribution is 6.22. The van der Waals surface area contributed by atoms with Crippen LogP contribution in [-0.4, -0.2) is 11.8 Å². The molecule has 5 rings (SSSR count). The summed E-state index contributed by atoms with van der Waals surface area (Å²) in [4.78, 5) is 26.8. The monoisotopic (exact) mass is 267 g/mol. The topological polar surface area (TPSA) is 37.4 Å². The standard InChI is InChI=1S/C17H17NO2/c1-10-2-8-13(9-3-10)18-16(19)14-11-4-5-12(7-6-11)15(14)17(18)20/h2-5,8-9,11-12,14-15H,6-7H2,1H3/t11-,12-,14-,15+/m1/s1. The first-order valence-electron chi connectivity index (χ1n) is 7.29. The second-order valence-corrected chi connectivity index (χ2v) is 6.19. The predicted octanol–water partition coefficient (Wildman–Crippen LogP) is 2.70. The van der Waals surface area contributed by atoms with Gasteiger partial charge in [0.05, 0.1) is 17.5 Å².